The molecule has 1 N–H and O–H groups in total. The van der Waals surface area contributed by atoms with Crippen molar-refractivity contribution in [2.24, 2.45) is 0 Å². The van der Waals surface area contributed by atoms with Crippen LogP contribution in [0.4, 0.5) is 0 Å². The Morgan fingerprint density at radius 2 is 2.04 bits per heavy atom. The molecule has 6 heteroatoms. The monoisotopic (exact) mass is 342 g/mol. The van der Waals surface area contributed by atoms with Crippen LogP contribution < -0.4 is 10.1 Å². The van der Waals surface area contributed by atoms with Crippen LogP contribution in [0.2, 0.25) is 0 Å². The average Bonchev–Trinajstić information content (AvgIpc) is 2.59. The van der Waals surface area contributed by atoms with Crippen molar-refractivity contribution in [3.63, 3.8) is 0 Å². The number of likely N-dealkylation sites (N-methyl/N-ethyl adjacent to an activating group) is 1. The molecule has 5 nitrogen and oxygen atoms in total. The molecule has 130 valence electrons. The van der Waals surface area contributed by atoms with Crippen molar-refractivity contribution in [3.8, 4) is 5.75 Å². The Balaban J connectivity index is 0.00000264. The molecule has 1 atom stereocenters. The number of hydrogen-bond donors (Lipinski definition) is 1. The summed E-state index contributed by atoms with van der Waals surface area (Å²) in [6.07, 6.45) is 3.04. The number of amides is 1. The van der Waals surface area contributed by atoms with E-state index in [0.29, 0.717) is 19.3 Å². The van der Waals surface area contributed by atoms with Crippen LogP contribution in [0.25, 0.3) is 0 Å². The quantitative estimate of drug-likeness (QED) is 0.773. The van der Waals surface area contributed by atoms with Gasteiger partial charge in [0.2, 0.25) is 0 Å². The van der Waals surface area contributed by atoms with Gasteiger partial charge in [-0.15, -0.1) is 12.4 Å². The fourth-order valence-corrected chi connectivity index (χ4v) is 2.67. The highest BCUT2D eigenvalue weighted by atomic mass is 35.5. The summed E-state index contributed by atoms with van der Waals surface area (Å²) in [6, 6.07) is 7.81. The molecule has 1 saturated heterocycles. The van der Waals surface area contributed by atoms with E-state index in [1.807, 2.05) is 36.2 Å². The van der Waals surface area contributed by atoms with Gasteiger partial charge in [-0.25, -0.2) is 0 Å². The second kappa shape index (κ2) is 10.5. The summed E-state index contributed by atoms with van der Waals surface area (Å²) >= 11 is 0. The van der Waals surface area contributed by atoms with Crippen molar-refractivity contribution in [1.82, 2.24) is 10.2 Å². The number of likely N-dealkylation sites (tertiary alicyclic amines) is 1. The smallest absolute Gasteiger partial charge is 0.253 e. The predicted octanol–water partition coefficient (Wildman–Crippen LogP) is 2.35. The molecule has 0 spiro atoms. The molecular weight excluding hydrogens is 316 g/mol. The minimum Gasteiger partial charge on any atom is -0.494 e. The van der Waals surface area contributed by atoms with E-state index < -0.39 is 0 Å². The molecule has 0 aliphatic carbocycles. The first-order chi connectivity index (χ1) is 10.7. The fourth-order valence-electron chi connectivity index (χ4n) is 2.67. The van der Waals surface area contributed by atoms with Gasteiger partial charge in [-0.05, 0) is 44.2 Å². The lowest BCUT2D eigenvalue weighted by atomic mass is 10.0. The van der Waals surface area contributed by atoms with Gasteiger partial charge in [0.1, 0.15) is 5.75 Å². The highest BCUT2D eigenvalue weighted by Crippen LogP contribution is 2.17. The van der Waals surface area contributed by atoms with Gasteiger partial charge in [0, 0.05) is 44.8 Å². The Morgan fingerprint density at radius 3 is 2.70 bits per heavy atom. The lowest BCUT2D eigenvalue weighted by Crippen LogP contribution is -2.46. The topological polar surface area (TPSA) is 50.8 Å². The van der Waals surface area contributed by atoms with E-state index >= 15 is 0 Å². The molecule has 23 heavy (non-hydrogen) atoms. The van der Waals surface area contributed by atoms with Gasteiger partial charge < -0.3 is 19.7 Å². The van der Waals surface area contributed by atoms with Crippen LogP contribution in [-0.4, -0.2) is 57.3 Å². The summed E-state index contributed by atoms with van der Waals surface area (Å²) in [7, 11) is 3.63. The number of piperidine rings is 1. The molecular formula is C17H27ClN2O3. The first-order valence-corrected chi connectivity index (χ1v) is 7.93. The van der Waals surface area contributed by atoms with Crippen LogP contribution >= 0.6 is 12.4 Å². The maximum Gasteiger partial charge on any atom is 0.253 e. The first-order valence-electron chi connectivity index (χ1n) is 7.93. The van der Waals surface area contributed by atoms with E-state index in [4.69, 9.17) is 9.47 Å². The number of methoxy groups -OCH3 is 1. The SMILES string of the molecule is CNC1CCCN(C(=O)c2ccc(OCCCOC)cc2)C1.Cl. The maximum absolute atomic E-state index is 12.5. The van der Waals surface area contributed by atoms with Crippen molar-refractivity contribution < 1.29 is 14.3 Å². The molecule has 1 aromatic carbocycles. The normalized spacial score (nSPS) is 17.5. The van der Waals surface area contributed by atoms with E-state index in [9.17, 15) is 4.79 Å². The summed E-state index contributed by atoms with van der Waals surface area (Å²) in [6.45, 7) is 2.94. The molecule has 1 aromatic rings. The second-order valence-electron chi connectivity index (χ2n) is 5.60. The van der Waals surface area contributed by atoms with Crippen LogP contribution in [0.5, 0.6) is 5.75 Å². The lowest BCUT2D eigenvalue weighted by Gasteiger charge is -2.32. The van der Waals surface area contributed by atoms with E-state index in [1.54, 1.807) is 7.11 Å². The number of carbonyl (C=O) groups is 1. The molecule has 1 fully saturated rings. The zero-order chi connectivity index (χ0) is 15.8. The molecule has 0 saturated carbocycles. The van der Waals surface area contributed by atoms with Gasteiger partial charge in [0.05, 0.1) is 6.61 Å². The number of ether oxygens (including phenoxy) is 2. The standard InChI is InChI=1S/C17H26N2O3.ClH/c1-18-15-5-3-10-19(13-15)17(20)14-6-8-16(9-7-14)22-12-4-11-21-2;/h6-9,15,18H,3-5,10-13H2,1-2H3;1H. The third-order valence-corrected chi connectivity index (χ3v) is 3.98. The Labute approximate surface area is 144 Å². The number of carbonyl (C=O) groups excluding carboxylic acids is 1. The number of benzene rings is 1. The van der Waals surface area contributed by atoms with Crippen LogP contribution in [-0.2, 0) is 4.74 Å². The molecule has 1 aliphatic rings. The molecule has 1 amide bonds. The van der Waals surface area contributed by atoms with E-state index in [-0.39, 0.29) is 18.3 Å². The summed E-state index contributed by atoms with van der Waals surface area (Å²) in [5, 5.41) is 3.26. The van der Waals surface area contributed by atoms with Crippen molar-refractivity contribution in [3.05, 3.63) is 29.8 Å². The molecule has 0 bridgehead atoms. The summed E-state index contributed by atoms with van der Waals surface area (Å²) < 4.78 is 10.6. The molecule has 1 aliphatic heterocycles. The molecule has 0 aromatic heterocycles. The highest BCUT2D eigenvalue weighted by molar-refractivity contribution is 5.94. The van der Waals surface area contributed by atoms with Crippen molar-refractivity contribution in [1.29, 1.82) is 0 Å². The van der Waals surface area contributed by atoms with Crippen molar-refractivity contribution in [2.45, 2.75) is 25.3 Å². The van der Waals surface area contributed by atoms with Crippen LogP contribution in [0.3, 0.4) is 0 Å². The van der Waals surface area contributed by atoms with Crippen LogP contribution in [0.1, 0.15) is 29.6 Å². The van der Waals surface area contributed by atoms with Gasteiger partial charge in [-0.1, -0.05) is 0 Å². The summed E-state index contributed by atoms with van der Waals surface area (Å²) in [4.78, 5) is 14.4. The van der Waals surface area contributed by atoms with Crippen molar-refractivity contribution >= 4 is 18.3 Å². The Kier molecular flexibility index (Phi) is 8.99. The van der Waals surface area contributed by atoms with Crippen LogP contribution in [0.15, 0.2) is 24.3 Å². The van der Waals surface area contributed by atoms with Gasteiger partial charge in [0.15, 0.2) is 0 Å². The molecule has 1 heterocycles. The summed E-state index contributed by atoms with van der Waals surface area (Å²) in [5.74, 6) is 0.894. The highest BCUT2D eigenvalue weighted by Gasteiger charge is 2.23. The lowest BCUT2D eigenvalue weighted by molar-refractivity contribution is 0.0698. The number of nitrogens with one attached hydrogen (secondary N) is 1. The third kappa shape index (κ3) is 6.01. The zero-order valence-corrected chi connectivity index (χ0v) is 14.7. The third-order valence-electron chi connectivity index (χ3n) is 3.98. The van der Waals surface area contributed by atoms with E-state index in [1.165, 1.54) is 0 Å². The van der Waals surface area contributed by atoms with Gasteiger partial charge in [0.25, 0.3) is 5.91 Å². The largest absolute Gasteiger partial charge is 0.494 e. The van der Waals surface area contributed by atoms with Gasteiger partial charge in [-0.2, -0.15) is 0 Å². The number of halogens is 1. The zero-order valence-electron chi connectivity index (χ0n) is 13.9. The van der Waals surface area contributed by atoms with Crippen molar-refractivity contribution in [2.75, 3.05) is 40.5 Å². The molecule has 2 rings (SSSR count). The van der Waals surface area contributed by atoms with Gasteiger partial charge >= 0.3 is 0 Å². The average molecular weight is 343 g/mol. The van der Waals surface area contributed by atoms with Gasteiger partial charge in [-0.3, -0.25) is 4.79 Å². The Hall–Kier alpha value is -1.30. The first kappa shape index (κ1) is 19.7. The minimum atomic E-state index is 0. The molecule has 0 radical (unpaired) electrons. The maximum atomic E-state index is 12.5. The predicted molar refractivity (Wildman–Crippen MR) is 93.7 cm³/mol. The molecule has 1 unspecified atom stereocenters. The Morgan fingerprint density at radius 1 is 1.30 bits per heavy atom. The Bertz CT molecular complexity index is 467. The minimum absolute atomic E-state index is 0. The number of nitrogens with zero attached hydrogens (tertiary/aromatic N) is 1. The number of rotatable bonds is 7. The van der Waals surface area contributed by atoms with E-state index in [0.717, 1.165) is 43.7 Å². The number of hydrogen-bond acceptors (Lipinski definition) is 4. The van der Waals surface area contributed by atoms with E-state index in [2.05, 4.69) is 5.32 Å². The van der Waals surface area contributed by atoms with Crippen LogP contribution in [0, 0.1) is 0 Å². The fraction of sp³-hybridized carbons (Fsp3) is 0.588. The second-order valence-corrected chi connectivity index (χ2v) is 5.60. The summed E-state index contributed by atoms with van der Waals surface area (Å²) in [5.41, 5.74) is 0.723.